The molecule has 0 unspecified atom stereocenters. The lowest BCUT2D eigenvalue weighted by molar-refractivity contribution is 0.103. The summed E-state index contributed by atoms with van der Waals surface area (Å²) in [5.41, 5.74) is 3.23. The van der Waals surface area contributed by atoms with Crippen LogP contribution in [0.4, 0.5) is 11.4 Å². The first-order chi connectivity index (χ1) is 8.74. The van der Waals surface area contributed by atoms with Crippen LogP contribution in [0.1, 0.15) is 15.9 Å². The average molecular weight is 352 g/mol. The first-order valence-corrected chi connectivity index (χ1v) is 6.61. The molecule has 0 aliphatic heterocycles. The maximum Gasteiger partial charge on any atom is 0.193 e. The molecule has 18 heavy (non-hydrogen) atoms. The molecule has 2 aromatic carbocycles. The molecule has 0 bridgehead atoms. The van der Waals surface area contributed by atoms with Crippen LogP contribution in [0.25, 0.3) is 0 Å². The third-order valence-corrected chi connectivity index (χ3v) is 3.27. The predicted octanol–water partition coefficient (Wildman–Crippen LogP) is 3.72. The van der Waals surface area contributed by atoms with Crippen LogP contribution in [0.5, 0.6) is 0 Å². The molecule has 0 saturated carbocycles. The largest absolute Gasteiger partial charge is 0.388 e. The standard InChI is InChI=1S/C14H13IN2O/c1-16-12-6-2-4-10(8-12)14(18)11-5-3-7-13(9-11)17-15/h2-9,16-17H,1H3. The van der Waals surface area contributed by atoms with Crippen molar-refractivity contribution in [1.82, 2.24) is 0 Å². The van der Waals surface area contributed by atoms with Crippen molar-refractivity contribution in [3.05, 3.63) is 59.7 Å². The molecule has 0 heterocycles. The van der Waals surface area contributed by atoms with E-state index in [1.54, 1.807) is 0 Å². The van der Waals surface area contributed by atoms with Crippen LogP contribution in [0, 0.1) is 0 Å². The van der Waals surface area contributed by atoms with Gasteiger partial charge in [-0.3, -0.25) is 4.79 Å². The Balaban J connectivity index is 2.34. The number of ketones is 1. The number of hydrogen-bond donors (Lipinski definition) is 2. The molecule has 0 fully saturated rings. The maximum absolute atomic E-state index is 12.3. The van der Waals surface area contributed by atoms with E-state index in [4.69, 9.17) is 0 Å². The molecule has 0 spiro atoms. The summed E-state index contributed by atoms with van der Waals surface area (Å²) in [6, 6.07) is 15.0. The first kappa shape index (κ1) is 12.9. The molecule has 0 saturated heterocycles. The average Bonchev–Trinajstić information content (AvgIpc) is 2.46. The van der Waals surface area contributed by atoms with Crippen molar-refractivity contribution in [3.8, 4) is 0 Å². The summed E-state index contributed by atoms with van der Waals surface area (Å²) in [7, 11) is 1.84. The van der Waals surface area contributed by atoms with Crippen molar-refractivity contribution >= 4 is 40.0 Å². The zero-order valence-corrected chi connectivity index (χ0v) is 12.1. The van der Waals surface area contributed by atoms with Gasteiger partial charge in [-0.05, 0) is 24.3 Å². The van der Waals surface area contributed by atoms with Gasteiger partial charge in [-0.1, -0.05) is 24.3 Å². The zero-order valence-electron chi connectivity index (χ0n) is 9.91. The lowest BCUT2D eigenvalue weighted by atomic mass is 10.0. The Morgan fingerprint density at radius 1 is 1.00 bits per heavy atom. The highest BCUT2D eigenvalue weighted by Crippen LogP contribution is 2.18. The number of benzene rings is 2. The molecule has 4 heteroatoms. The minimum Gasteiger partial charge on any atom is -0.388 e. The van der Waals surface area contributed by atoms with Gasteiger partial charge < -0.3 is 8.85 Å². The summed E-state index contributed by atoms with van der Waals surface area (Å²) in [6.07, 6.45) is 0. The highest BCUT2D eigenvalue weighted by atomic mass is 127. The van der Waals surface area contributed by atoms with Gasteiger partial charge in [-0.2, -0.15) is 0 Å². The van der Waals surface area contributed by atoms with E-state index < -0.39 is 0 Å². The minimum absolute atomic E-state index is 0.0283. The van der Waals surface area contributed by atoms with Crippen molar-refractivity contribution in [2.24, 2.45) is 0 Å². The van der Waals surface area contributed by atoms with Gasteiger partial charge in [0, 0.05) is 29.5 Å². The summed E-state index contributed by atoms with van der Waals surface area (Å²) in [6.45, 7) is 0. The molecular weight excluding hydrogens is 339 g/mol. The van der Waals surface area contributed by atoms with Crippen LogP contribution >= 0.6 is 22.9 Å². The van der Waals surface area contributed by atoms with E-state index in [1.807, 2.05) is 78.4 Å². The van der Waals surface area contributed by atoms with Crippen LogP contribution < -0.4 is 8.85 Å². The Morgan fingerprint density at radius 3 is 2.11 bits per heavy atom. The van der Waals surface area contributed by atoms with Crippen molar-refractivity contribution in [2.75, 3.05) is 15.9 Å². The fraction of sp³-hybridized carbons (Fsp3) is 0.0714. The second-order valence-electron chi connectivity index (χ2n) is 3.84. The molecule has 3 nitrogen and oxygen atoms in total. The van der Waals surface area contributed by atoms with Gasteiger partial charge in [-0.25, -0.2) is 0 Å². The Bertz CT molecular complexity index is 520. The quantitative estimate of drug-likeness (QED) is 0.501. The summed E-state index contributed by atoms with van der Waals surface area (Å²) in [4.78, 5) is 12.3. The minimum atomic E-state index is 0.0283. The Morgan fingerprint density at radius 2 is 1.56 bits per heavy atom. The molecule has 92 valence electrons. The van der Waals surface area contributed by atoms with Gasteiger partial charge in [0.1, 0.15) is 0 Å². The van der Waals surface area contributed by atoms with Gasteiger partial charge in [0.25, 0.3) is 0 Å². The van der Waals surface area contributed by atoms with Gasteiger partial charge in [0.05, 0.1) is 22.9 Å². The van der Waals surface area contributed by atoms with Crippen LogP contribution in [0.3, 0.4) is 0 Å². The molecule has 0 aromatic heterocycles. The van der Waals surface area contributed by atoms with E-state index in [2.05, 4.69) is 8.85 Å². The SMILES string of the molecule is CNc1cccc(C(=O)c2cccc(NI)c2)c1. The number of carbonyl (C=O) groups excluding carboxylic acids is 1. The van der Waals surface area contributed by atoms with E-state index in [-0.39, 0.29) is 5.78 Å². The number of halogens is 1. The van der Waals surface area contributed by atoms with E-state index >= 15 is 0 Å². The number of carbonyl (C=O) groups is 1. The summed E-state index contributed by atoms with van der Waals surface area (Å²) < 4.78 is 3.00. The van der Waals surface area contributed by atoms with Crippen LogP contribution in [0.15, 0.2) is 48.5 Å². The van der Waals surface area contributed by atoms with Crippen molar-refractivity contribution in [2.45, 2.75) is 0 Å². The van der Waals surface area contributed by atoms with Gasteiger partial charge >= 0.3 is 0 Å². The van der Waals surface area contributed by atoms with Crippen molar-refractivity contribution in [1.29, 1.82) is 0 Å². The van der Waals surface area contributed by atoms with Crippen molar-refractivity contribution in [3.63, 3.8) is 0 Å². The monoisotopic (exact) mass is 352 g/mol. The number of anilines is 2. The maximum atomic E-state index is 12.3. The van der Waals surface area contributed by atoms with E-state index in [0.29, 0.717) is 11.1 Å². The van der Waals surface area contributed by atoms with Crippen molar-refractivity contribution < 1.29 is 4.79 Å². The molecule has 0 aliphatic carbocycles. The van der Waals surface area contributed by atoms with E-state index in [0.717, 1.165) is 11.4 Å². The highest BCUT2D eigenvalue weighted by molar-refractivity contribution is 14.1. The molecule has 0 amide bonds. The predicted molar refractivity (Wildman–Crippen MR) is 83.5 cm³/mol. The van der Waals surface area contributed by atoms with Crippen LogP contribution in [-0.2, 0) is 0 Å². The van der Waals surface area contributed by atoms with Gasteiger partial charge in [-0.15, -0.1) is 0 Å². The molecule has 0 radical (unpaired) electrons. The fourth-order valence-corrected chi connectivity index (χ4v) is 2.04. The molecule has 2 rings (SSSR count). The van der Waals surface area contributed by atoms with Crippen LogP contribution in [0.2, 0.25) is 0 Å². The Hall–Kier alpha value is -1.56. The smallest absolute Gasteiger partial charge is 0.193 e. The highest BCUT2D eigenvalue weighted by Gasteiger charge is 2.09. The lowest BCUT2D eigenvalue weighted by Crippen LogP contribution is -2.02. The molecule has 2 aromatic rings. The van der Waals surface area contributed by atoms with E-state index in [9.17, 15) is 4.79 Å². The van der Waals surface area contributed by atoms with Gasteiger partial charge in [0.2, 0.25) is 0 Å². The molecular formula is C14H13IN2O. The summed E-state index contributed by atoms with van der Waals surface area (Å²) in [5, 5.41) is 3.03. The third kappa shape index (κ3) is 2.81. The summed E-state index contributed by atoms with van der Waals surface area (Å²) in [5.74, 6) is 0.0283. The second-order valence-corrected chi connectivity index (χ2v) is 4.37. The fourth-order valence-electron chi connectivity index (χ4n) is 1.70. The zero-order chi connectivity index (χ0) is 13.0. The molecule has 0 atom stereocenters. The lowest BCUT2D eigenvalue weighted by Gasteiger charge is -2.05. The second kappa shape index (κ2) is 5.86. The normalized spacial score (nSPS) is 9.89. The third-order valence-electron chi connectivity index (χ3n) is 2.65. The number of hydrogen-bond acceptors (Lipinski definition) is 3. The Kier molecular flexibility index (Phi) is 4.19. The first-order valence-electron chi connectivity index (χ1n) is 5.54. The molecule has 2 N–H and O–H groups in total. The number of nitrogens with one attached hydrogen (secondary N) is 2. The van der Waals surface area contributed by atoms with Crippen LogP contribution in [-0.4, -0.2) is 12.8 Å². The topological polar surface area (TPSA) is 41.1 Å². The Labute approximate surface area is 120 Å². The molecule has 0 aliphatic rings. The van der Waals surface area contributed by atoms with E-state index in [1.165, 1.54) is 0 Å². The summed E-state index contributed by atoms with van der Waals surface area (Å²) >= 11 is 2.05. The number of rotatable bonds is 4. The van der Waals surface area contributed by atoms with Gasteiger partial charge in [0.15, 0.2) is 5.78 Å².